The van der Waals surface area contributed by atoms with Gasteiger partial charge < -0.3 is 19.3 Å². The first-order chi connectivity index (χ1) is 16.0. The quantitative estimate of drug-likeness (QED) is 0.179. The molecule has 0 aliphatic carbocycles. The van der Waals surface area contributed by atoms with Gasteiger partial charge in [-0.1, -0.05) is 72.3 Å². The van der Waals surface area contributed by atoms with Gasteiger partial charge in [-0.3, -0.25) is 4.79 Å². The van der Waals surface area contributed by atoms with Gasteiger partial charge in [-0.15, -0.1) is 0 Å². The Balaban J connectivity index is 1.89. The van der Waals surface area contributed by atoms with Gasteiger partial charge >= 0.3 is 5.97 Å². The Kier molecular flexibility index (Phi) is 8.49. The average Bonchev–Trinajstić information content (AvgIpc) is 2.83. The first-order valence-corrected chi connectivity index (χ1v) is 10.6. The summed E-state index contributed by atoms with van der Waals surface area (Å²) in [6.07, 6.45) is 0.781. The van der Waals surface area contributed by atoms with Crippen LogP contribution < -0.4 is 9.47 Å². The maximum Gasteiger partial charge on any atom is 0.373 e. The SMILES string of the molecule is CCOC(=O)/C(O)=C/C(=O)c1cc(Cl)c(OCc2ccccc2)cc1OCc1ccccc1. The fraction of sp³-hybridized carbons (Fsp3) is 0.154. The van der Waals surface area contributed by atoms with Gasteiger partial charge in [0.15, 0.2) is 5.78 Å². The van der Waals surface area contributed by atoms with Gasteiger partial charge in [0.1, 0.15) is 24.7 Å². The number of aliphatic hydroxyl groups is 1. The molecular formula is C26H23ClO6. The van der Waals surface area contributed by atoms with Crippen molar-refractivity contribution in [1.29, 1.82) is 0 Å². The number of aliphatic hydroxyl groups excluding tert-OH is 1. The topological polar surface area (TPSA) is 82.1 Å². The van der Waals surface area contributed by atoms with E-state index in [4.69, 9.17) is 25.8 Å². The molecule has 0 saturated carbocycles. The van der Waals surface area contributed by atoms with Gasteiger partial charge in [-0.05, 0) is 24.1 Å². The molecular weight excluding hydrogens is 444 g/mol. The average molecular weight is 467 g/mol. The Hall–Kier alpha value is -3.77. The molecule has 0 aromatic heterocycles. The Morgan fingerprint density at radius 1 is 0.879 bits per heavy atom. The molecule has 0 bridgehead atoms. The number of benzene rings is 3. The van der Waals surface area contributed by atoms with Crippen LogP contribution in [0.5, 0.6) is 11.5 Å². The first kappa shape index (κ1) is 23.9. The van der Waals surface area contributed by atoms with E-state index in [2.05, 4.69) is 0 Å². The maximum absolute atomic E-state index is 12.8. The normalized spacial score (nSPS) is 11.0. The van der Waals surface area contributed by atoms with Crippen LogP contribution in [-0.4, -0.2) is 23.5 Å². The van der Waals surface area contributed by atoms with Crippen molar-refractivity contribution in [3.05, 3.63) is 106 Å². The molecule has 0 fully saturated rings. The largest absolute Gasteiger partial charge is 0.502 e. The molecule has 0 saturated heterocycles. The summed E-state index contributed by atoms with van der Waals surface area (Å²) >= 11 is 6.37. The van der Waals surface area contributed by atoms with Crippen LogP contribution in [-0.2, 0) is 22.7 Å². The van der Waals surface area contributed by atoms with E-state index in [1.807, 2.05) is 60.7 Å². The fourth-order valence-corrected chi connectivity index (χ4v) is 3.11. The van der Waals surface area contributed by atoms with Crippen molar-refractivity contribution in [2.24, 2.45) is 0 Å². The number of hydrogen-bond acceptors (Lipinski definition) is 6. The van der Waals surface area contributed by atoms with E-state index in [-0.39, 0.29) is 36.2 Å². The number of hydrogen-bond donors (Lipinski definition) is 1. The lowest BCUT2D eigenvalue weighted by Gasteiger charge is -2.15. The number of carbonyl (C=O) groups excluding carboxylic acids is 2. The molecule has 0 aliphatic heterocycles. The van der Waals surface area contributed by atoms with E-state index in [1.54, 1.807) is 6.92 Å². The second-order valence-corrected chi connectivity index (χ2v) is 7.35. The van der Waals surface area contributed by atoms with Crippen LogP contribution in [0.15, 0.2) is 84.6 Å². The molecule has 7 heteroatoms. The Morgan fingerprint density at radius 3 is 1.97 bits per heavy atom. The maximum atomic E-state index is 12.8. The third-order valence-electron chi connectivity index (χ3n) is 4.53. The smallest absolute Gasteiger partial charge is 0.373 e. The highest BCUT2D eigenvalue weighted by Gasteiger charge is 2.19. The molecule has 0 amide bonds. The summed E-state index contributed by atoms with van der Waals surface area (Å²) in [4.78, 5) is 24.5. The standard InChI is InChI=1S/C26H23ClO6/c1-2-31-26(30)23(29)14-22(28)20-13-21(27)25(33-17-19-11-7-4-8-12-19)15-24(20)32-16-18-9-5-3-6-10-18/h3-15,29H,2,16-17H2,1H3/b23-14-. The third-order valence-corrected chi connectivity index (χ3v) is 4.82. The van der Waals surface area contributed by atoms with Gasteiger partial charge in [-0.25, -0.2) is 4.79 Å². The molecule has 3 aromatic carbocycles. The predicted octanol–water partition coefficient (Wildman–Crippen LogP) is 5.69. The number of rotatable bonds is 10. The lowest BCUT2D eigenvalue weighted by Crippen LogP contribution is -2.10. The molecule has 0 aliphatic rings. The van der Waals surface area contributed by atoms with E-state index in [1.165, 1.54) is 12.1 Å². The molecule has 0 atom stereocenters. The van der Waals surface area contributed by atoms with Crippen molar-refractivity contribution in [3.63, 3.8) is 0 Å². The summed E-state index contributed by atoms with van der Waals surface area (Å²) < 4.78 is 16.4. The van der Waals surface area contributed by atoms with Crippen molar-refractivity contribution in [3.8, 4) is 11.5 Å². The molecule has 6 nitrogen and oxygen atoms in total. The number of ether oxygens (including phenoxy) is 3. The van der Waals surface area contributed by atoms with Crippen molar-refractivity contribution in [2.45, 2.75) is 20.1 Å². The predicted molar refractivity (Wildman–Crippen MR) is 125 cm³/mol. The highest BCUT2D eigenvalue weighted by Crippen LogP contribution is 2.34. The fourth-order valence-electron chi connectivity index (χ4n) is 2.89. The van der Waals surface area contributed by atoms with Gasteiger partial charge in [-0.2, -0.15) is 0 Å². The van der Waals surface area contributed by atoms with E-state index < -0.39 is 17.5 Å². The minimum atomic E-state index is -0.994. The second kappa shape index (κ2) is 11.7. The van der Waals surface area contributed by atoms with Crippen molar-refractivity contribution >= 4 is 23.4 Å². The van der Waals surface area contributed by atoms with Crippen LogP contribution in [0.4, 0.5) is 0 Å². The number of esters is 1. The van der Waals surface area contributed by atoms with Crippen LogP contribution >= 0.6 is 11.6 Å². The summed E-state index contributed by atoms with van der Waals surface area (Å²) in [7, 11) is 0. The Bertz CT molecular complexity index is 1130. The molecule has 0 heterocycles. The van der Waals surface area contributed by atoms with Crippen LogP contribution in [0.1, 0.15) is 28.4 Å². The van der Waals surface area contributed by atoms with E-state index in [0.29, 0.717) is 5.75 Å². The monoisotopic (exact) mass is 466 g/mol. The molecule has 0 spiro atoms. The summed E-state index contributed by atoms with van der Waals surface area (Å²) in [5.74, 6) is -1.94. The van der Waals surface area contributed by atoms with Crippen molar-refractivity contribution in [2.75, 3.05) is 6.61 Å². The Morgan fingerprint density at radius 2 is 1.42 bits per heavy atom. The van der Waals surface area contributed by atoms with Gasteiger partial charge in [0.25, 0.3) is 0 Å². The lowest BCUT2D eigenvalue weighted by atomic mass is 10.1. The highest BCUT2D eigenvalue weighted by molar-refractivity contribution is 6.32. The van der Waals surface area contributed by atoms with Gasteiger partial charge in [0.2, 0.25) is 5.76 Å². The summed E-state index contributed by atoms with van der Waals surface area (Å²) in [5, 5.41) is 10.1. The number of carbonyl (C=O) groups is 2. The van der Waals surface area contributed by atoms with Crippen LogP contribution in [0.2, 0.25) is 5.02 Å². The molecule has 0 radical (unpaired) electrons. The molecule has 0 unspecified atom stereocenters. The minimum Gasteiger partial charge on any atom is -0.502 e. The van der Waals surface area contributed by atoms with E-state index >= 15 is 0 Å². The van der Waals surface area contributed by atoms with Crippen LogP contribution in [0.25, 0.3) is 0 Å². The summed E-state index contributed by atoms with van der Waals surface area (Å²) in [6, 6.07) is 21.9. The Labute approximate surface area is 197 Å². The summed E-state index contributed by atoms with van der Waals surface area (Å²) in [5.41, 5.74) is 1.91. The zero-order valence-electron chi connectivity index (χ0n) is 18.0. The van der Waals surface area contributed by atoms with Crippen molar-refractivity contribution in [1.82, 2.24) is 0 Å². The summed E-state index contributed by atoms with van der Waals surface area (Å²) in [6.45, 7) is 2.12. The minimum absolute atomic E-state index is 0.0651. The molecule has 170 valence electrons. The lowest BCUT2D eigenvalue weighted by molar-refractivity contribution is -0.141. The van der Waals surface area contributed by atoms with Gasteiger partial charge in [0, 0.05) is 12.1 Å². The van der Waals surface area contributed by atoms with Gasteiger partial charge in [0.05, 0.1) is 17.2 Å². The molecule has 1 N–H and O–H groups in total. The van der Waals surface area contributed by atoms with E-state index in [0.717, 1.165) is 17.2 Å². The number of halogens is 1. The van der Waals surface area contributed by atoms with Crippen LogP contribution in [0, 0.1) is 0 Å². The molecule has 3 rings (SSSR count). The molecule has 3 aromatic rings. The highest BCUT2D eigenvalue weighted by atomic mass is 35.5. The second-order valence-electron chi connectivity index (χ2n) is 6.94. The zero-order valence-corrected chi connectivity index (χ0v) is 18.7. The first-order valence-electron chi connectivity index (χ1n) is 10.3. The number of ketones is 1. The number of allylic oxidation sites excluding steroid dienone is 1. The third kappa shape index (κ3) is 6.85. The van der Waals surface area contributed by atoms with E-state index in [9.17, 15) is 14.7 Å². The molecule has 33 heavy (non-hydrogen) atoms. The van der Waals surface area contributed by atoms with Crippen molar-refractivity contribution < 1.29 is 28.9 Å². The van der Waals surface area contributed by atoms with Crippen LogP contribution in [0.3, 0.4) is 0 Å². The zero-order chi connectivity index (χ0) is 23.6.